The van der Waals surface area contributed by atoms with Crippen molar-refractivity contribution in [2.24, 2.45) is 0 Å². The molecule has 0 N–H and O–H groups in total. The largest absolute Gasteiger partial charge is 0.446 e. The molecule has 0 spiro atoms. The van der Waals surface area contributed by atoms with Gasteiger partial charge < -0.3 is 9.64 Å². The van der Waals surface area contributed by atoms with Crippen LogP contribution in [0.25, 0.3) is 0 Å². The minimum Gasteiger partial charge on any atom is -0.446 e. The number of carbonyl (C=O) groups excluding carboxylic acids is 1. The van der Waals surface area contributed by atoms with E-state index < -0.39 is 0 Å². The minimum atomic E-state index is -0.211. The van der Waals surface area contributed by atoms with Crippen LogP contribution in [0.5, 0.6) is 0 Å². The molecular formula is C9H18INO2. The quantitative estimate of drug-likeness (QED) is 0.577. The van der Waals surface area contributed by atoms with Crippen LogP contribution in [-0.2, 0) is 4.74 Å². The van der Waals surface area contributed by atoms with Gasteiger partial charge in [0.1, 0.15) is 6.10 Å². The molecule has 0 bridgehead atoms. The third-order valence-electron chi connectivity index (χ3n) is 1.68. The van der Waals surface area contributed by atoms with Gasteiger partial charge in [0.05, 0.1) is 0 Å². The van der Waals surface area contributed by atoms with Gasteiger partial charge in [0.2, 0.25) is 0 Å². The molecule has 0 fully saturated rings. The molecule has 0 radical (unpaired) electrons. The van der Waals surface area contributed by atoms with Crippen molar-refractivity contribution in [3.05, 3.63) is 0 Å². The predicted molar refractivity (Wildman–Crippen MR) is 62.4 cm³/mol. The number of hydrogen-bond acceptors (Lipinski definition) is 2. The Kier molecular flexibility index (Phi) is 7.41. The van der Waals surface area contributed by atoms with Gasteiger partial charge in [-0.1, -0.05) is 35.9 Å². The lowest BCUT2D eigenvalue weighted by atomic mass is 10.3. The zero-order valence-electron chi connectivity index (χ0n) is 8.55. The molecule has 0 rings (SSSR count). The Bertz CT molecular complexity index is 153. The van der Waals surface area contributed by atoms with Gasteiger partial charge in [-0.25, -0.2) is 4.79 Å². The molecule has 1 amide bonds. The maximum Gasteiger partial charge on any atom is 0.409 e. The van der Waals surface area contributed by atoms with Crippen LogP contribution in [0.15, 0.2) is 0 Å². The normalized spacial score (nSPS) is 12.3. The monoisotopic (exact) mass is 299 g/mol. The molecule has 1 atom stereocenters. The SMILES string of the molecule is CCCCN(C)C(=O)OC(C)CI. The topological polar surface area (TPSA) is 29.5 Å². The van der Waals surface area contributed by atoms with E-state index in [4.69, 9.17) is 4.74 Å². The second-order valence-electron chi connectivity index (χ2n) is 3.12. The molecule has 0 aliphatic heterocycles. The Morgan fingerprint density at radius 1 is 1.62 bits per heavy atom. The molecular weight excluding hydrogens is 281 g/mol. The van der Waals surface area contributed by atoms with Gasteiger partial charge in [0.15, 0.2) is 0 Å². The molecule has 0 aliphatic carbocycles. The summed E-state index contributed by atoms with van der Waals surface area (Å²) >= 11 is 2.20. The van der Waals surface area contributed by atoms with Crippen LogP contribution in [0.1, 0.15) is 26.7 Å². The van der Waals surface area contributed by atoms with Crippen molar-refractivity contribution < 1.29 is 9.53 Å². The number of amides is 1. The second-order valence-corrected chi connectivity index (χ2v) is 4.00. The van der Waals surface area contributed by atoms with E-state index in [1.165, 1.54) is 0 Å². The fourth-order valence-corrected chi connectivity index (χ4v) is 0.960. The van der Waals surface area contributed by atoms with Gasteiger partial charge in [-0.2, -0.15) is 0 Å². The van der Waals surface area contributed by atoms with Gasteiger partial charge in [0, 0.05) is 18.0 Å². The number of carbonyl (C=O) groups is 1. The van der Waals surface area contributed by atoms with Crippen LogP contribution in [0.4, 0.5) is 4.79 Å². The summed E-state index contributed by atoms with van der Waals surface area (Å²) < 4.78 is 5.98. The van der Waals surface area contributed by atoms with Crippen LogP contribution in [-0.4, -0.2) is 35.1 Å². The van der Waals surface area contributed by atoms with Crippen molar-refractivity contribution in [2.45, 2.75) is 32.8 Å². The van der Waals surface area contributed by atoms with Gasteiger partial charge >= 0.3 is 6.09 Å². The van der Waals surface area contributed by atoms with Crippen LogP contribution >= 0.6 is 22.6 Å². The zero-order chi connectivity index (χ0) is 10.3. The Balaban J connectivity index is 3.68. The zero-order valence-corrected chi connectivity index (χ0v) is 10.7. The number of ether oxygens (including phenoxy) is 1. The van der Waals surface area contributed by atoms with Gasteiger partial charge in [-0.15, -0.1) is 0 Å². The first kappa shape index (κ1) is 13.0. The highest BCUT2D eigenvalue weighted by Crippen LogP contribution is 2.01. The summed E-state index contributed by atoms with van der Waals surface area (Å²) in [5, 5.41) is 0. The highest BCUT2D eigenvalue weighted by atomic mass is 127. The molecule has 78 valence electrons. The van der Waals surface area contributed by atoms with Crippen LogP contribution < -0.4 is 0 Å². The van der Waals surface area contributed by atoms with E-state index >= 15 is 0 Å². The summed E-state index contributed by atoms with van der Waals surface area (Å²) in [5.74, 6) is 0. The van der Waals surface area contributed by atoms with Crippen molar-refractivity contribution in [1.29, 1.82) is 0 Å². The number of rotatable bonds is 5. The van der Waals surface area contributed by atoms with E-state index in [2.05, 4.69) is 29.5 Å². The summed E-state index contributed by atoms with van der Waals surface area (Å²) in [6.07, 6.45) is 1.93. The maximum absolute atomic E-state index is 11.3. The number of halogens is 1. The first-order chi connectivity index (χ1) is 6.11. The minimum absolute atomic E-state index is 0.0113. The average Bonchev–Trinajstić information content (AvgIpc) is 2.13. The van der Waals surface area contributed by atoms with Crippen molar-refractivity contribution in [2.75, 3.05) is 18.0 Å². The molecule has 13 heavy (non-hydrogen) atoms. The van der Waals surface area contributed by atoms with Gasteiger partial charge in [0.25, 0.3) is 0 Å². The molecule has 0 aliphatic rings. The lowest BCUT2D eigenvalue weighted by Gasteiger charge is -2.18. The molecule has 0 aromatic carbocycles. The van der Waals surface area contributed by atoms with E-state index in [0.29, 0.717) is 0 Å². The van der Waals surface area contributed by atoms with E-state index in [0.717, 1.165) is 23.8 Å². The first-order valence-electron chi connectivity index (χ1n) is 4.59. The van der Waals surface area contributed by atoms with E-state index in [9.17, 15) is 4.79 Å². The van der Waals surface area contributed by atoms with Crippen LogP contribution in [0.2, 0.25) is 0 Å². The Labute approximate surface area is 94.0 Å². The standard InChI is InChI=1S/C9H18INO2/c1-4-5-6-11(3)9(12)13-8(2)7-10/h8H,4-7H2,1-3H3. The highest BCUT2D eigenvalue weighted by Gasteiger charge is 2.12. The maximum atomic E-state index is 11.3. The van der Waals surface area contributed by atoms with Gasteiger partial charge in [-0.05, 0) is 13.3 Å². The summed E-state index contributed by atoms with van der Waals surface area (Å²) in [4.78, 5) is 12.9. The molecule has 1 unspecified atom stereocenters. The fraction of sp³-hybridized carbons (Fsp3) is 0.889. The van der Waals surface area contributed by atoms with Crippen molar-refractivity contribution >= 4 is 28.7 Å². The number of alkyl halides is 1. The van der Waals surface area contributed by atoms with Crippen LogP contribution in [0, 0.1) is 0 Å². The van der Waals surface area contributed by atoms with Crippen molar-refractivity contribution in [1.82, 2.24) is 4.90 Å². The predicted octanol–water partition coefficient (Wildman–Crippen LogP) is 2.68. The molecule has 3 nitrogen and oxygen atoms in total. The first-order valence-corrected chi connectivity index (χ1v) is 6.12. The van der Waals surface area contributed by atoms with Crippen molar-refractivity contribution in [3.63, 3.8) is 0 Å². The molecule has 0 saturated heterocycles. The lowest BCUT2D eigenvalue weighted by molar-refractivity contribution is 0.0865. The Morgan fingerprint density at radius 2 is 2.23 bits per heavy atom. The third kappa shape index (κ3) is 6.12. The fourth-order valence-electron chi connectivity index (χ4n) is 0.780. The van der Waals surface area contributed by atoms with Crippen LogP contribution in [0.3, 0.4) is 0 Å². The van der Waals surface area contributed by atoms with E-state index in [1.807, 2.05) is 6.92 Å². The lowest BCUT2D eigenvalue weighted by Crippen LogP contribution is -2.31. The van der Waals surface area contributed by atoms with Crippen molar-refractivity contribution in [3.8, 4) is 0 Å². The summed E-state index contributed by atoms with van der Waals surface area (Å²) in [5.41, 5.74) is 0. The second kappa shape index (κ2) is 7.41. The third-order valence-corrected chi connectivity index (χ3v) is 2.92. The molecule has 0 heterocycles. The average molecular weight is 299 g/mol. The Hall–Kier alpha value is 0. The summed E-state index contributed by atoms with van der Waals surface area (Å²) in [6.45, 7) is 4.79. The van der Waals surface area contributed by atoms with Gasteiger partial charge in [-0.3, -0.25) is 0 Å². The molecule has 4 heteroatoms. The molecule has 0 aromatic rings. The molecule has 0 saturated carbocycles. The smallest absolute Gasteiger partial charge is 0.409 e. The summed E-state index contributed by atoms with van der Waals surface area (Å²) in [6, 6.07) is 0. The Morgan fingerprint density at radius 3 is 2.69 bits per heavy atom. The number of nitrogens with zero attached hydrogens (tertiary/aromatic N) is 1. The summed E-state index contributed by atoms with van der Waals surface area (Å²) in [7, 11) is 1.78. The number of unbranched alkanes of at least 4 members (excludes halogenated alkanes) is 1. The highest BCUT2D eigenvalue weighted by molar-refractivity contribution is 14.1. The number of hydrogen-bond donors (Lipinski definition) is 0. The van der Waals surface area contributed by atoms with E-state index in [-0.39, 0.29) is 12.2 Å². The molecule has 0 aromatic heterocycles. The van der Waals surface area contributed by atoms with E-state index in [1.54, 1.807) is 11.9 Å².